The number of nitrogens with zero attached hydrogens (tertiary/aromatic N) is 4. The summed E-state index contributed by atoms with van der Waals surface area (Å²) in [4.78, 5) is 20.1. The molecule has 11 heteroatoms. The van der Waals surface area contributed by atoms with Crippen LogP contribution in [0.4, 0.5) is 11.4 Å². The number of hydrazone groups is 1. The van der Waals surface area contributed by atoms with Gasteiger partial charge in [0.1, 0.15) is 11.4 Å². The van der Waals surface area contributed by atoms with Gasteiger partial charge in [0.05, 0.1) is 26.8 Å². The Morgan fingerprint density at radius 3 is 2.60 bits per heavy atom. The largest absolute Gasteiger partial charge is 0.506 e. The second-order valence-electron chi connectivity index (χ2n) is 7.40. The highest BCUT2D eigenvalue weighted by Crippen LogP contribution is 2.33. The molecule has 0 aliphatic carbocycles. The van der Waals surface area contributed by atoms with Gasteiger partial charge in [-0.05, 0) is 68.6 Å². The van der Waals surface area contributed by atoms with E-state index >= 15 is 0 Å². The number of amidine groups is 1. The van der Waals surface area contributed by atoms with Crippen LogP contribution in [0.15, 0.2) is 84.2 Å². The molecule has 2 N–H and O–H groups in total. The number of phenolic OH excluding ortho intramolecular Hbond substituents is 1. The van der Waals surface area contributed by atoms with Crippen molar-refractivity contribution in [2.45, 2.75) is 6.92 Å². The highest BCUT2D eigenvalue weighted by molar-refractivity contribution is 9.11. The van der Waals surface area contributed by atoms with Gasteiger partial charge in [-0.1, -0.05) is 40.2 Å². The fraction of sp³-hybridized carbons (Fsp3) is 0.0417. The van der Waals surface area contributed by atoms with Gasteiger partial charge in [0.2, 0.25) is 0 Å². The molecule has 0 fully saturated rings. The molecule has 4 rings (SSSR count). The first kappa shape index (κ1) is 25.0. The molecular formula is C24H16Br3N5O3. The van der Waals surface area contributed by atoms with Crippen LogP contribution in [-0.2, 0) is 0 Å². The number of aromatic hydroxyl groups is 1. The minimum Gasteiger partial charge on any atom is -0.506 e. The number of non-ortho nitro benzene ring substituents is 1. The third-order valence-electron chi connectivity index (χ3n) is 4.95. The van der Waals surface area contributed by atoms with Crippen LogP contribution in [-0.4, -0.2) is 27.1 Å². The predicted octanol–water partition coefficient (Wildman–Crippen LogP) is 7.15. The third kappa shape index (κ3) is 5.75. The third-order valence-corrected chi connectivity index (χ3v) is 6.61. The lowest BCUT2D eigenvalue weighted by molar-refractivity contribution is -0.385. The van der Waals surface area contributed by atoms with Crippen LogP contribution in [0.3, 0.4) is 0 Å². The number of phenols is 1. The Hall–Kier alpha value is -3.15. The Morgan fingerprint density at radius 1 is 1.09 bits per heavy atom. The summed E-state index contributed by atoms with van der Waals surface area (Å²) in [6.07, 6.45) is 1.28. The van der Waals surface area contributed by atoms with Crippen molar-refractivity contribution in [3.05, 3.63) is 101 Å². The summed E-state index contributed by atoms with van der Waals surface area (Å²) in [5.41, 5.74) is 5.79. The van der Waals surface area contributed by atoms with Crippen molar-refractivity contribution in [1.29, 1.82) is 0 Å². The van der Waals surface area contributed by atoms with Crippen molar-refractivity contribution in [2.75, 3.05) is 0 Å². The monoisotopic (exact) mass is 659 g/mol. The zero-order valence-corrected chi connectivity index (χ0v) is 22.8. The number of aliphatic imine (C=N–C) groups is 1. The Kier molecular flexibility index (Phi) is 7.58. The fourth-order valence-electron chi connectivity index (χ4n) is 3.26. The van der Waals surface area contributed by atoms with Gasteiger partial charge >= 0.3 is 0 Å². The first-order valence-electron chi connectivity index (χ1n) is 10.1. The summed E-state index contributed by atoms with van der Waals surface area (Å²) in [5.74, 6) is 0.178. The van der Waals surface area contributed by atoms with Crippen molar-refractivity contribution < 1.29 is 10.0 Å². The first-order chi connectivity index (χ1) is 16.7. The molecule has 0 aliphatic rings. The average Bonchev–Trinajstić information content (AvgIpc) is 2.82. The standard InChI is InChI=1S/C24H16Br3N5O3/c1-13-8-16(25)10-18(26)22(13)30-24(21-7-6-14-4-2-3-5-20(14)29-21)31-28-12-15-9-17(32(34)35)11-19(27)23(15)33/h2-12,33H,1H3,(H,30,31). The summed E-state index contributed by atoms with van der Waals surface area (Å²) in [6, 6.07) is 17.7. The lowest BCUT2D eigenvalue weighted by Gasteiger charge is -2.10. The number of hydrogen-bond acceptors (Lipinski definition) is 6. The molecule has 4 aromatic rings. The molecule has 8 nitrogen and oxygen atoms in total. The lowest BCUT2D eigenvalue weighted by atomic mass is 10.2. The van der Waals surface area contributed by atoms with Crippen LogP contribution >= 0.6 is 47.8 Å². The van der Waals surface area contributed by atoms with Gasteiger partial charge in [-0.2, -0.15) is 5.10 Å². The van der Waals surface area contributed by atoms with Crippen LogP contribution in [0.2, 0.25) is 0 Å². The maximum absolute atomic E-state index is 11.2. The summed E-state index contributed by atoms with van der Waals surface area (Å²) in [7, 11) is 0. The highest BCUT2D eigenvalue weighted by Gasteiger charge is 2.14. The van der Waals surface area contributed by atoms with E-state index in [0.717, 1.165) is 25.4 Å². The Morgan fingerprint density at radius 2 is 1.86 bits per heavy atom. The van der Waals surface area contributed by atoms with Crippen molar-refractivity contribution in [3.8, 4) is 5.75 Å². The summed E-state index contributed by atoms with van der Waals surface area (Å²) >= 11 is 10.2. The van der Waals surface area contributed by atoms with Crippen LogP contribution in [0.5, 0.6) is 5.75 Å². The number of fused-ring (bicyclic) bond motifs is 1. The molecule has 0 radical (unpaired) electrons. The normalized spacial score (nSPS) is 11.8. The average molecular weight is 662 g/mol. The molecule has 0 saturated heterocycles. The second kappa shape index (κ2) is 10.6. The van der Waals surface area contributed by atoms with Gasteiger partial charge in [-0.25, -0.2) is 9.98 Å². The molecule has 0 unspecified atom stereocenters. The number of pyridine rings is 1. The van der Waals surface area contributed by atoms with E-state index in [1.165, 1.54) is 18.3 Å². The Bertz CT molecular complexity index is 1500. The van der Waals surface area contributed by atoms with Gasteiger partial charge in [0, 0.05) is 32.0 Å². The Labute approximate surface area is 225 Å². The molecule has 0 amide bonds. The molecule has 0 atom stereocenters. The molecule has 3 aromatic carbocycles. The van der Waals surface area contributed by atoms with Gasteiger partial charge in [0.15, 0.2) is 5.84 Å². The number of aryl methyl sites for hydroxylation is 1. The fourth-order valence-corrected chi connectivity index (χ4v) is 5.25. The predicted molar refractivity (Wildman–Crippen MR) is 148 cm³/mol. The molecule has 1 heterocycles. The number of nitro groups is 1. The minimum absolute atomic E-state index is 0.158. The van der Waals surface area contributed by atoms with E-state index in [9.17, 15) is 15.2 Å². The van der Waals surface area contributed by atoms with Crippen LogP contribution in [0, 0.1) is 17.0 Å². The van der Waals surface area contributed by atoms with E-state index in [1.54, 1.807) is 0 Å². The van der Waals surface area contributed by atoms with E-state index < -0.39 is 4.92 Å². The first-order valence-corrected chi connectivity index (χ1v) is 12.5. The SMILES string of the molecule is Cc1cc(Br)cc(Br)c1N=C(NN=Cc1cc([N+](=O)[O-])cc(Br)c1O)c1ccc2ccccc2n1. The molecule has 1 aromatic heterocycles. The number of nitro benzene ring substituents is 1. The number of nitrogens with one attached hydrogen (secondary N) is 1. The van der Waals surface area contributed by atoms with Crippen molar-refractivity contribution >= 4 is 82.1 Å². The quantitative estimate of drug-likeness (QED) is 0.102. The molecular weight excluding hydrogens is 646 g/mol. The number of aromatic nitrogens is 1. The van der Waals surface area contributed by atoms with Gasteiger partial charge in [0.25, 0.3) is 5.69 Å². The number of para-hydroxylation sites is 1. The molecule has 176 valence electrons. The molecule has 0 aliphatic heterocycles. The van der Waals surface area contributed by atoms with E-state index in [4.69, 9.17) is 9.98 Å². The van der Waals surface area contributed by atoms with Gasteiger partial charge in [-0.3, -0.25) is 15.5 Å². The lowest BCUT2D eigenvalue weighted by Crippen LogP contribution is -2.20. The maximum Gasteiger partial charge on any atom is 0.271 e. The molecule has 0 spiro atoms. The van der Waals surface area contributed by atoms with Crippen molar-refractivity contribution in [1.82, 2.24) is 10.4 Å². The topological polar surface area (TPSA) is 113 Å². The van der Waals surface area contributed by atoms with Crippen molar-refractivity contribution in [2.24, 2.45) is 10.1 Å². The smallest absolute Gasteiger partial charge is 0.271 e. The zero-order valence-electron chi connectivity index (χ0n) is 18.0. The second-order valence-corrected chi connectivity index (χ2v) is 10.0. The Balaban J connectivity index is 1.78. The van der Waals surface area contributed by atoms with Gasteiger partial charge in [-0.15, -0.1) is 0 Å². The van der Waals surface area contributed by atoms with Crippen LogP contribution in [0.1, 0.15) is 16.8 Å². The molecule has 35 heavy (non-hydrogen) atoms. The number of benzene rings is 3. The van der Waals surface area contributed by atoms with E-state index in [1.807, 2.05) is 55.5 Å². The van der Waals surface area contributed by atoms with Crippen molar-refractivity contribution in [3.63, 3.8) is 0 Å². The molecule has 0 saturated carbocycles. The van der Waals surface area contributed by atoms with Crippen LogP contribution < -0.4 is 5.43 Å². The number of halogens is 3. The molecule has 0 bridgehead atoms. The zero-order chi connectivity index (χ0) is 25.1. The van der Waals surface area contributed by atoms with Gasteiger partial charge < -0.3 is 5.11 Å². The summed E-state index contributed by atoms with van der Waals surface area (Å²) < 4.78 is 1.87. The maximum atomic E-state index is 11.2. The number of rotatable bonds is 5. The number of hydrogen-bond donors (Lipinski definition) is 2. The van der Waals surface area contributed by atoms with E-state index in [-0.39, 0.29) is 21.5 Å². The van der Waals surface area contributed by atoms with Crippen LogP contribution in [0.25, 0.3) is 10.9 Å². The highest BCUT2D eigenvalue weighted by atomic mass is 79.9. The minimum atomic E-state index is -0.547. The van der Waals surface area contributed by atoms with E-state index in [0.29, 0.717) is 17.2 Å². The summed E-state index contributed by atoms with van der Waals surface area (Å²) in [5, 5.41) is 26.7. The van der Waals surface area contributed by atoms with E-state index in [2.05, 4.69) is 58.3 Å². The summed E-state index contributed by atoms with van der Waals surface area (Å²) in [6.45, 7) is 1.93.